The molecule has 1 saturated heterocycles. The molecule has 0 amide bonds. The van der Waals surface area contributed by atoms with Crippen LogP contribution in [-0.4, -0.2) is 73.1 Å². The lowest BCUT2D eigenvalue weighted by Crippen LogP contribution is -2.61. The monoisotopic (exact) mass is 413 g/mol. The Morgan fingerprint density at radius 3 is 2.34 bits per heavy atom. The van der Waals surface area contributed by atoms with E-state index in [9.17, 15) is 13.2 Å². The Bertz CT molecular complexity index is 652. The molecule has 0 saturated carbocycles. The number of likely N-dealkylation sites (N-methyl/N-ethyl adjacent to an activating group) is 2. The summed E-state index contributed by atoms with van der Waals surface area (Å²) in [5.41, 5.74) is 0.290. The molecule has 3 nitrogen and oxygen atoms in total. The molecule has 29 heavy (non-hydrogen) atoms. The van der Waals surface area contributed by atoms with E-state index in [2.05, 4.69) is 56.6 Å². The molecule has 0 spiro atoms. The SMILES string of the molecule is CN(C)CCN(C)[C@]1(CCc2cccc(C(F)(F)F)c2)CCCN(C(C)(C)C)C1. The molecule has 1 aromatic carbocycles. The van der Waals surface area contributed by atoms with Gasteiger partial charge in [-0.25, -0.2) is 0 Å². The maximum Gasteiger partial charge on any atom is 0.416 e. The topological polar surface area (TPSA) is 9.72 Å². The second-order valence-electron chi connectivity index (χ2n) is 9.84. The predicted octanol–water partition coefficient (Wildman–Crippen LogP) is 4.76. The largest absolute Gasteiger partial charge is 0.416 e. The van der Waals surface area contributed by atoms with Gasteiger partial charge in [-0.2, -0.15) is 13.2 Å². The van der Waals surface area contributed by atoms with Gasteiger partial charge in [0.1, 0.15) is 0 Å². The third kappa shape index (κ3) is 6.69. The minimum atomic E-state index is -4.29. The summed E-state index contributed by atoms with van der Waals surface area (Å²) in [6, 6.07) is 5.83. The van der Waals surface area contributed by atoms with Crippen molar-refractivity contribution in [3.05, 3.63) is 35.4 Å². The Balaban J connectivity index is 2.22. The van der Waals surface area contributed by atoms with Crippen molar-refractivity contribution in [3.8, 4) is 0 Å². The van der Waals surface area contributed by atoms with Crippen molar-refractivity contribution in [2.24, 2.45) is 0 Å². The highest BCUT2D eigenvalue weighted by Gasteiger charge is 2.41. The molecule has 6 heteroatoms. The van der Waals surface area contributed by atoms with Crippen LogP contribution in [0, 0.1) is 0 Å². The van der Waals surface area contributed by atoms with Crippen LogP contribution < -0.4 is 0 Å². The van der Waals surface area contributed by atoms with Crippen LogP contribution in [0.15, 0.2) is 24.3 Å². The Labute approximate surface area is 174 Å². The van der Waals surface area contributed by atoms with Gasteiger partial charge in [-0.3, -0.25) is 9.80 Å². The number of benzene rings is 1. The van der Waals surface area contributed by atoms with Crippen molar-refractivity contribution < 1.29 is 13.2 Å². The number of piperidine rings is 1. The standard InChI is InChI=1S/C23H38F3N3/c1-21(2,3)29-14-8-12-22(18-29,28(6)16-15-27(4)5)13-11-19-9-7-10-20(17-19)23(24,25)26/h7,9-10,17H,8,11-16,18H2,1-6H3/t22-/m0/s1. The zero-order chi connectivity index (χ0) is 21.9. The van der Waals surface area contributed by atoms with Crippen molar-refractivity contribution in [2.75, 3.05) is 47.3 Å². The molecule has 0 aliphatic carbocycles. The molecule has 166 valence electrons. The number of aryl methyl sites for hydroxylation is 1. The van der Waals surface area contributed by atoms with Crippen molar-refractivity contribution in [1.82, 2.24) is 14.7 Å². The van der Waals surface area contributed by atoms with Crippen molar-refractivity contribution >= 4 is 0 Å². The molecule has 1 fully saturated rings. The second-order valence-corrected chi connectivity index (χ2v) is 9.84. The Morgan fingerprint density at radius 1 is 1.07 bits per heavy atom. The minimum absolute atomic E-state index is 0.0181. The Hall–Kier alpha value is -1.11. The average molecular weight is 414 g/mol. The van der Waals surface area contributed by atoms with Crippen LogP contribution in [0.5, 0.6) is 0 Å². The summed E-state index contributed by atoms with van der Waals surface area (Å²) in [6.45, 7) is 10.7. The number of halogens is 3. The lowest BCUT2D eigenvalue weighted by molar-refractivity contribution is -0.137. The van der Waals surface area contributed by atoms with Crippen molar-refractivity contribution in [2.45, 2.75) is 63.7 Å². The predicted molar refractivity (Wildman–Crippen MR) is 114 cm³/mol. The van der Waals surface area contributed by atoms with E-state index in [0.717, 1.165) is 57.1 Å². The third-order valence-electron chi connectivity index (χ3n) is 6.33. The number of alkyl halides is 3. The summed E-state index contributed by atoms with van der Waals surface area (Å²) >= 11 is 0. The van der Waals surface area contributed by atoms with E-state index < -0.39 is 11.7 Å². The first-order valence-corrected chi connectivity index (χ1v) is 10.6. The minimum Gasteiger partial charge on any atom is -0.308 e. The van der Waals surface area contributed by atoms with Crippen LogP contribution in [0.4, 0.5) is 13.2 Å². The van der Waals surface area contributed by atoms with Gasteiger partial charge in [0.15, 0.2) is 0 Å². The fourth-order valence-corrected chi connectivity index (χ4v) is 4.26. The molecule has 1 heterocycles. The zero-order valence-corrected chi connectivity index (χ0v) is 18.9. The lowest BCUT2D eigenvalue weighted by atomic mass is 9.80. The van der Waals surface area contributed by atoms with Gasteiger partial charge >= 0.3 is 6.18 Å². The smallest absolute Gasteiger partial charge is 0.308 e. The maximum absolute atomic E-state index is 13.1. The summed E-state index contributed by atoms with van der Waals surface area (Å²) < 4.78 is 39.3. The van der Waals surface area contributed by atoms with E-state index in [4.69, 9.17) is 0 Å². The number of nitrogens with zero attached hydrogens (tertiary/aromatic N) is 3. The van der Waals surface area contributed by atoms with Gasteiger partial charge < -0.3 is 4.90 Å². The second kappa shape index (κ2) is 9.36. The summed E-state index contributed by atoms with van der Waals surface area (Å²) in [5, 5.41) is 0. The molecule has 1 aromatic rings. The normalized spacial score (nSPS) is 21.9. The lowest BCUT2D eigenvalue weighted by Gasteiger charge is -2.52. The highest BCUT2D eigenvalue weighted by molar-refractivity contribution is 5.26. The van der Waals surface area contributed by atoms with E-state index in [-0.39, 0.29) is 11.1 Å². The Morgan fingerprint density at radius 2 is 1.76 bits per heavy atom. The van der Waals surface area contributed by atoms with Gasteiger partial charge in [-0.1, -0.05) is 18.2 Å². The first-order chi connectivity index (χ1) is 13.3. The fraction of sp³-hybridized carbons (Fsp3) is 0.739. The first-order valence-electron chi connectivity index (χ1n) is 10.6. The molecular formula is C23H38F3N3. The Kier molecular flexibility index (Phi) is 7.80. The van der Waals surface area contributed by atoms with Crippen molar-refractivity contribution in [3.63, 3.8) is 0 Å². The summed E-state index contributed by atoms with van der Waals surface area (Å²) in [5.74, 6) is 0. The quantitative estimate of drug-likeness (QED) is 0.638. The summed E-state index contributed by atoms with van der Waals surface area (Å²) in [4.78, 5) is 7.18. The first kappa shape index (κ1) is 24.2. The van der Waals surface area contributed by atoms with Gasteiger partial charge in [-0.15, -0.1) is 0 Å². The van der Waals surface area contributed by atoms with Crippen LogP contribution in [0.1, 0.15) is 51.2 Å². The summed E-state index contributed by atoms with van der Waals surface area (Å²) in [6.07, 6.45) is -0.558. The fourth-order valence-electron chi connectivity index (χ4n) is 4.26. The molecule has 0 radical (unpaired) electrons. The zero-order valence-electron chi connectivity index (χ0n) is 18.9. The number of likely N-dealkylation sites (tertiary alicyclic amines) is 1. The van der Waals surface area contributed by atoms with Crippen LogP contribution >= 0.6 is 0 Å². The van der Waals surface area contributed by atoms with Crippen LogP contribution in [0.25, 0.3) is 0 Å². The number of rotatable bonds is 7. The average Bonchev–Trinajstić information content (AvgIpc) is 2.63. The molecule has 0 aromatic heterocycles. The molecule has 1 aliphatic heterocycles. The van der Waals surface area contributed by atoms with Crippen molar-refractivity contribution in [1.29, 1.82) is 0 Å². The van der Waals surface area contributed by atoms with Gasteiger partial charge in [0.2, 0.25) is 0 Å². The van der Waals surface area contributed by atoms with Gasteiger partial charge in [0.25, 0.3) is 0 Å². The molecule has 0 unspecified atom stereocenters. The van der Waals surface area contributed by atoms with E-state index >= 15 is 0 Å². The molecule has 2 rings (SSSR count). The summed E-state index contributed by atoms with van der Waals surface area (Å²) in [7, 11) is 6.33. The molecule has 0 bridgehead atoms. The van der Waals surface area contributed by atoms with E-state index in [1.165, 1.54) is 12.1 Å². The molecule has 1 atom stereocenters. The number of hydrogen-bond donors (Lipinski definition) is 0. The van der Waals surface area contributed by atoms with E-state index in [0.29, 0.717) is 6.42 Å². The molecule has 0 N–H and O–H groups in total. The maximum atomic E-state index is 13.1. The van der Waals surface area contributed by atoms with Gasteiger partial charge in [0, 0.05) is 30.7 Å². The highest BCUT2D eigenvalue weighted by Crippen LogP contribution is 2.35. The third-order valence-corrected chi connectivity index (χ3v) is 6.33. The highest BCUT2D eigenvalue weighted by atomic mass is 19.4. The van der Waals surface area contributed by atoms with Crippen LogP contribution in [0.3, 0.4) is 0 Å². The molecular weight excluding hydrogens is 375 g/mol. The molecule has 1 aliphatic rings. The van der Waals surface area contributed by atoms with E-state index in [1.807, 2.05) is 6.07 Å². The van der Waals surface area contributed by atoms with Crippen LogP contribution in [0.2, 0.25) is 0 Å². The number of hydrogen-bond acceptors (Lipinski definition) is 3. The van der Waals surface area contributed by atoms with Gasteiger partial charge in [-0.05, 0) is 85.8 Å². The van der Waals surface area contributed by atoms with E-state index in [1.54, 1.807) is 0 Å². The van der Waals surface area contributed by atoms with Crippen LogP contribution in [-0.2, 0) is 12.6 Å². The van der Waals surface area contributed by atoms with Gasteiger partial charge in [0.05, 0.1) is 5.56 Å².